The third-order valence-electron chi connectivity index (χ3n) is 10.6. The summed E-state index contributed by atoms with van der Waals surface area (Å²) in [5, 5.41) is 0. The molecular weight excluding hydrogens is 789 g/mol. The van der Waals surface area contributed by atoms with Crippen molar-refractivity contribution in [2.45, 2.75) is 70.6 Å². The Bertz CT molecular complexity index is 2050. The fourth-order valence-corrected chi connectivity index (χ4v) is 7.03. The van der Waals surface area contributed by atoms with Gasteiger partial charge in [-0.05, 0) is 130 Å². The number of ketones is 1. The summed E-state index contributed by atoms with van der Waals surface area (Å²) in [5.41, 5.74) is 0.673. The van der Waals surface area contributed by atoms with Crippen LogP contribution >= 0.6 is 0 Å². The topological polar surface area (TPSA) is 184 Å². The highest BCUT2D eigenvalue weighted by Crippen LogP contribution is 2.35. The zero-order valence-electron chi connectivity index (χ0n) is 34.1. The van der Waals surface area contributed by atoms with E-state index in [9.17, 15) is 33.6 Å². The third kappa shape index (κ3) is 13.7. The lowest BCUT2D eigenvalue weighted by molar-refractivity contribution is -0.145. The van der Waals surface area contributed by atoms with E-state index in [4.69, 9.17) is 33.2 Å². The molecular formula is C47H50O14. The minimum absolute atomic E-state index is 0.0569. The summed E-state index contributed by atoms with van der Waals surface area (Å²) in [6, 6.07) is 17.4. The molecule has 14 nitrogen and oxygen atoms in total. The number of ether oxygens (including phenoxy) is 7. The van der Waals surface area contributed by atoms with Crippen LogP contribution < -0.4 is 23.7 Å². The molecule has 0 N–H and O–H groups in total. The van der Waals surface area contributed by atoms with Crippen LogP contribution in [-0.4, -0.2) is 61.9 Å². The Morgan fingerprint density at radius 1 is 0.557 bits per heavy atom. The SMILES string of the molecule is C=CC(=O)Cc1ccc(OC(=O)C2CCC(C(=O)Oc3ccc(OC(=O)C4CCC(C(=O)Oc5ccc(OCCCCOC(=O)C=C)cc5)CC4)c(C(=O)OC)c3)CC2)cc1. The second-order valence-corrected chi connectivity index (χ2v) is 14.8. The molecule has 3 aromatic rings. The highest BCUT2D eigenvalue weighted by atomic mass is 16.6. The van der Waals surface area contributed by atoms with Gasteiger partial charge in [-0.15, -0.1) is 0 Å². The highest BCUT2D eigenvalue weighted by molar-refractivity contribution is 5.94. The molecule has 61 heavy (non-hydrogen) atoms. The second-order valence-electron chi connectivity index (χ2n) is 14.8. The second kappa shape index (κ2) is 22.7. The van der Waals surface area contributed by atoms with Crippen molar-refractivity contribution in [1.29, 1.82) is 0 Å². The molecule has 0 aliphatic heterocycles. The number of hydrogen-bond donors (Lipinski definition) is 0. The lowest BCUT2D eigenvalue weighted by Gasteiger charge is -2.26. The van der Waals surface area contributed by atoms with Gasteiger partial charge in [0.15, 0.2) is 5.78 Å². The van der Waals surface area contributed by atoms with Crippen LogP contribution in [0.15, 0.2) is 92.0 Å². The molecule has 2 saturated carbocycles. The quantitative estimate of drug-likeness (QED) is 0.0507. The summed E-state index contributed by atoms with van der Waals surface area (Å²) in [6.07, 6.45) is 7.08. The Hall–Kier alpha value is -6.57. The van der Waals surface area contributed by atoms with Gasteiger partial charge in [0.2, 0.25) is 0 Å². The van der Waals surface area contributed by atoms with Crippen LogP contribution in [-0.2, 0) is 44.7 Å². The van der Waals surface area contributed by atoms with Crippen molar-refractivity contribution in [2.75, 3.05) is 20.3 Å². The Morgan fingerprint density at radius 2 is 1.00 bits per heavy atom. The van der Waals surface area contributed by atoms with Crippen molar-refractivity contribution in [3.8, 4) is 28.7 Å². The average molecular weight is 839 g/mol. The molecule has 322 valence electrons. The molecule has 14 heteroatoms. The molecule has 0 amide bonds. The highest BCUT2D eigenvalue weighted by Gasteiger charge is 2.34. The first kappa shape index (κ1) is 45.5. The minimum Gasteiger partial charge on any atom is -0.494 e. The summed E-state index contributed by atoms with van der Waals surface area (Å²) in [6.45, 7) is 7.53. The van der Waals surface area contributed by atoms with Crippen molar-refractivity contribution < 1.29 is 66.7 Å². The van der Waals surface area contributed by atoms with Gasteiger partial charge in [-0.2, -0.15) is 0 Å². The number of rotatable bonds is 19. The number of benzene rings is 3. The Labute approximate surface area is 354 Å². The molecule has 2 aliphatic rings. The van der Waals surface area contributed by atoms with E-state index < -0.39 is 59.5 Å². The van der Waals surface area contributed by atoms with Crippen molar-refractivity contribution in [3.05, 3.63) is 103 Å². The summed E-state index contributed by atoms with van der Waals surface area (Å²) in [4.78, 5) is 87.6. The van der Waals surface area contributed by atoms with Gasteiger partial charge in [0.1, 0.15) is 34.3 Å². The Balaban J connectivity index is 1.04. The molecule has 0 saturated heterocycles. The molecule has 0 aromatic heterocycles. The maximum absolute atomic E-state index is 13.2. The summed E-state index contributed by atoms with van der Waals surface area (Å²) in [7, 11) is 1.18. The van der Waals surface area contributed by atoms with Crippen LogP contribution in [0, 0.1) is 23.7 Å². The van der Waals surface area contributed by atoms with E-state index in [0.717, 1.165) is 11.6 Å². The molecule has 0 radical (unpaired) electrons. The first-order chi connectivity index (χ1) is 29.5. The molecule has 0 heterocycles. The molecule has 0 atom stereocenters. The van der Waals surface area contributed by atoms with Crippen LogP contribution in [0.3, 0.4) is 0 Å². The van der Waals surface area contributed by atoms with Gasteiger partial charge in [-0.1, -0.05) is 25.3 Å². The van der Waals surface area contributed by atoms with Crippen LogP contribution in [0.4, 0.5) is 0 Å². The summed E-state index contributed by atoms with van der Waals surface area (Å²) in [5.74, 6) is -3.74. The summed E-state index contributed by atoms with van der Waals surface area (Å²) < 4.78 is 37.9. The van der Waals surface area contributed by atoms with E-state index in [0.29, 0.717) is 88.1 Å². The van der Waals surface area contributed by atoms with Gasteiger partial charge >= 0.3 is 35.8 Å². The molecule has 2 aliphatic carbocycles. The number of allylic oxidation sites excluding steroid dienone is 1. The predicted octanol–water partition coefficient (Wildman–Crippen LogP) is 7.29. The number of carbonyl (C=O) groups is 7. The van der Waals surface area contributed by atoms with Gasteiger partial charge < -0.3 is 33.2 Å². The number of hydrogen-bond acceptors (Lipinski definition) is 14. The summed E-state index contributed by atoms with van der Waals surface area (Å²) >= 11 is 0. The predicted molar refractivity (Wildman–Crippen MR) is 219 cm³/mol. The van der Waals surface area contributed by atoms with Crippen molar-refractivity contribution in [1.82, 2.24) is 0 Å². The number of esters is 6. The van der Waals surface area contributed by atoms with Gasteiger partial charge in [-0.25, -0.2) is 9.59 Å². The maximum Gasteiger partial charge on any atom is 0.341 e. The molecule has 2 fully saturated rings. The first-order valence-electron chi connectivity index (χ1n) is 20.3. The first-order valence-corrected chi connectivity index (χ1v) is 20.3. The van der Waals surface area contributed by atoms with Gasteiger partial charge in [-0.3, -0.25) is 24.0 Å². The van der Waals surface area contributed by atoms with Crippen molar-refractivity contribution >= 4 is 41.6 Å². The van der Waals surface area contributed by atoms with Crippen LogP contribution in [0.2, 0.25) is 0 Å². The zero-order chi connectivity index (χ0) is 43.7. The van der Waals surface area contributed by atoms with E-state index in [-0.39, 0.29) is 35.9 Å². The Kier molecular flexibility index (Phi) is 16.9. The van der Waals surface area contributed by atoms with E-state index in [1.54, 1.807) is 48.5 Å². The third-order valence-corrected chi connectivity index (χ3v) is 10.6. The molecule has 3 aromatic carbocycles. The molecule has 0 bridgehead atoms. The average Bonchev–Trinajstić information content (AvgIpc) is 3.28. The van der Waals surface area contributed by atoms with Gasteiger partial charge in [0.25, 0.3) is 0 Å². The van der Waals surface area contributed by atoms with E-state index >= 15 is 0 Å². The zero-order valence-corrected chi connectivity index (χ0v) is 34.1. The number of unbranched alkanes of at least 4 members (excludes halogenated alkanes) is 1. The number of methoxy groups -OCH3 is 1. The largest absolute Gasteiger partial charge is 0.494 e. The molecule has 0 unspecified atom stereocenters. The van der Waals surface area contributed by atoms with Crippen molar-refractivity contribution in [3.63, 3.8) is 0 Å². The fraction of sp³-hybridized carbons (Fsp3) is 0.383. The van der Waals surface area contributed by atoms with Crippen LogP contribution in [0.5, 0.6) is 28.7 Å². The van der Waals surface area contributed by atoms with Crippen LogP contribution in [0.1, 0.15) is 80.1 Å². The standard InChI is InChI=1S/C47H50O14/c1-4-35(48)28-30-8-18-37(19-9-30)58-43(50)31-10-12-33(13-11-31)45(52)60-39-24-25-41(40(29-39)47(54)55-3)61-46(53)34-16-14-32(15-17-34)44(51)59-38-22-20-36(21-23-38)56-26-6-7-27-57-42(49)5-2/h4-5,8-9,18-25,29,31-34H,1-2,6-7,10-17,26-28H2,3H3. The van der Waals surface area contributed by atoms with Crippen molar-refractivity contribution in [2.24, 2.45) is 23.7 Å². The smallest absolute Gasteiger partial charge is 0.341 e. The van der Waals surface area contributed by atoms with E-state index in [1.165, 1.54) is 31.4 Å². The molecule has 0 spiro atoms. The van der Waals surface area contributed by atoms with Gasteiger partial charge in [0.05, 0.1) is 44.0 Å². The van der Waals surface area contributed by atoms with E-state index in [1.807, 2.05) is 0 Å². The van der Waals surface area contributed by atoms with E-state index in [2.05, 4.69) is 13.2 Å². The minimum atomic E-state index is -0.797. The maximum atomic E-state index is 13.2. The molecule has 5 rings (SSSR count). The van der Waals surface area contributed by atoms with Crippen LogP contribution in [0.25, 0.3) is 0 Å². The normalized spacial score (nSPS) is 18.3. The Morgan fingerprint density at radius 3 is 1.49 bits per heavy atom. The van der Waals surface area contributed by atoms with Gasteiger partial charge in [0, 0.05) is 12.5 Å². The monoisotopic (exact) mass is 838 g/mol. The lowest BCUT2D eigenvalue weighted by atomic mass is 9.82. The number of carbonyl (C=O) groups excluding carboxylic acids is 7. The lowest BCUT2D eigenvalue weighted by Crippen LogP contribution is -2.31. The fourth-order valence-electron chi connectivity index (χ4n) is 7.03.